The molecule has 0 aliphatic heterocycles. The van der Waals surface area contributed by atoms with Crippen molar-refractivity contribution in [3.05, 3.63) is 22.4 Å². The summed E-state index contributed by atoms with van der Waals surface area (Å²) < 4.78 is 0. The molecule has 1 aromatic heterocycles. The molecule has 1 saturated carbocycles. The number of aryl methyl sites for hydroxylation is 1. The van der Waals surface area contributed by atoms with Crippen molar-refractivity contribution in [1.29, 1.82) is 0 Å². The SMILES string of the molecule is OC1CCC1CCc1cccs1. The van der Waals surface area contributed by atoms with E-state index in [1.165, 1.54) is 17.7 Å². The van der Waals surface area contributed by atoms with E-state index in [1.807, 2.05) is 11.3 Å². The predicted molar refractivity (Wildman–Crippen MR) is 51.4 cm³/mol. The van der Waals surface area contributed by atoms with Gasteiger partial charge in [0, 0.05) is 4.88 Å². The zero-order valence-electron chi connectivity index (χ0n) is 7.07. The van der Waals surface area contributed by atoms with Gasteiger partial charge in [-0.15, -0.1) is 11.3 Å². The predicted octanol–water partition coefficient (Wildman–Crippen LogP) is 2.45. The fourth-order valence-electron chi connectivity index (χ4n) is 1.67. The molecule has 1 fully saturated rings. The molecule has 0 amide bonds. The first kappa shape index (κ1) is 8.27. The monoisotopic (exact) mass is 182 g/mol. The Kier molecular flexibility index (Phi) is 2.47. The Morgan fingerprint density at radius 1 is 1.50 bits per heavy atom. The number of aliphatic hydroxyl groups is 1. The third kappa shape index (κ3) is 1.70. The summed E-state index contributed by atoms with van der Waals surface area (Å²) in [6.45, 7) is 0. The van der Waals surface area contributed by atoms with Crippen LogP contribution in [0.3, 0.4) is 0 Å². The molecule has 1 heterocycles. The van der Waals surface area contributed by atoms with E-state index in [9.17, 15) is 5.11 Å². The van der Waals surface area contributed by atoms with Crippen molar-refractivity contribution in [3.63, 3.8) is 0 Å². The van der Waals surface area contributed by atoms with Gasteiger partial charge < -0.3 is 5.11 Å². The van der Waals surface area contributed by atoms with Gasteiger partial charge in [0.1, 0.15) is 0 Å². The summed E-state index contributed by atoms with van der Waals surface area (Å²) in [7, 11) is 0. The van der Waals surface area contributed by atoms with Gasteiger partial charge in [-0.1, -0.05) is 6.07 Å². The van der Waals surface area contributed by atoms with Gasteiger partial charge in [-0.3, -0.25) is 0 Å². The molecule has 1 aliphatic rings. The van der Waals surface area contributed by atoms with E-state index in [0.29, 0.717) is 5.92 Å². The van der Waals surface area contributed by atoms with Crippen molar-refractivity contribution in [2.24, 2.45) is 5.92 Å². The Morgan fingerprint density at radius 2 is 2.42 bits per heavy atom. The molecule has 66 valence electrons. The van der Waals surface area contributed by atoms with E-state index in [1.54, 1.807) is 0 Å². The molecule has 2 atom stereocenters. The highest BCUT2D eigenvalue weighted by atomic mass is 32.1. The lowest BCUT2D eigenvalue weighted by Gasteiger charge is -2.32. The van der Waals surface area contributed by atoms with Gasteiger partial charge in [-0.2, -0.15) is 0 Å². The summed E-state index contributed by atoms with van der Waals surface area (Å²) in [5, 5.41) is 11.5. The molecule has 0 saturated heterocycles. The smallest absolute Gasteiger partial charge is 0.0568 e. The maximum Gasteiger partial charge on any atom is 0.0568 e. The average Bonchev–Trinajstić information content (AvgIpc) is 2.54. The topological polar surface area (TPSA) is 20.2 Å². The summed E-state index contributed by atoms with van der Waals surface area (Å²) in [5.41, 5.74) is 0. The Balaban J connectivity index is 1.75. The number of aliphatic hydroxyl groups excluding tert-OH is 1. The van der Waals surface area contributed by atoms with Gasteiger partial charge >= 0.3 is 0 Å². The van der Waals surface area contributed by atoms with Crippen LogP contribution in [0.25, 0.3) is 0 Å². The van der Waals surface area contributed by atoms with Crippen LogP contribution in [0.2, 0.25) is 0 Å². The van der Waals surface area contributed by atoms with Crippen LogP contribution in [0.15, 0.2) is 17.5 Å². The van der Waals surface area contributed by atoms with E-state index < -0.39 is 0 Å². The van der Waals surface area contributed by atoms with Gasteiger partial charge in [0.05, 0.1) is 6.10 Å². The summed E-state index contributed by atoms with van der Waals surface area (Å²) >= 11 is 1.82. The van der Waals surface area contributed by atoms with Crippen LogP contribution in [0.5, 0.6) is 0 Å². The number of hydrogen-bond acceptors (Lipinski definition) is 2. The second kappa shape index (κ2) is 3.58. The highest BCUT2D eigenvalue weighted by molar-refractivity contribution is 7.09. The first-order valence-electron chi connectivity index (χ1n) is 4.56. The molecule has 0 aromatic carbocycles. The molecular formula is C10H14OS. The van der Waals surface area contributed by atoms with Crippen molar-refractivity contribution < 1.29 is 5.11 Å². The Hall–Kier alpha value is -0.340. The van der Waals surface area contributed by atoms with Crippen molar-refractivity contribution in [1.82, 2.24) is 0 Å². The quantitative estimate of drug-likeness (QED) is 0.761. The highest BCUT2D eigenvalue weighted by Crippen LogP contribution is 2.31. The van der Waals surface area contributed by atoms with Crippen LogP contribution in [0, 0.1) is 5.92 Å². The zero-order valence-corrected chi connectivity index (χ0v) is 7.89. The lowest BCUT2D eigenvalue weighted by molar-refractivity contribution is 0.0198. The third-order valence-electron chi connectivity index (χ3n) is 2.72. The fourth-order valence-corrected chi connectivity index (χ4v) is 2.40. The van der Waals surface area contributed by atoms with Crippen LogP contribution in [-0.2, 0) is 6.42 Å². The van der Waals surface area contributed by atoms with E-state index >= 15 is 0 Å². The van der Waals surface area contributed by atoms with Crippen LogP contribution in [0.4, 0.5) is 0 Å². The second-order valence-corrected chi connectivity index (χ2v) is 4.56. The minimum absolute atomic E-state index is 0.00459. The molecule has 2 heteroatoms. The van der Waals surface area contributed by atoms with Gasteiger partial charge in [0.2, 0.25) is 0 Å². The maximum atomic E-state index is 9.34. The van der Waals surface area contributed by atoms with Crippen molar-refractivity contribution in [3.8, 4) is 0 Å². The van der Waals surface area contributed by atoms with Gasteiger partial charge in [-0.05, 0) is 43.0 Å². The minimum atomic E-state index is 0.00459. The molecule has 1 nitrogen and oxygen atoms in total. The van der Waals surface area contributed by atoms with E-state index in [4.69, 9.17) is 0 Å². The average molecular weight is 182 g/mol. The number of thiophene rings is 1. The van der Waals surface area contributed by atoms with Crippen LogP contribution in [0.1, 0.15) is 24.1 Å². The molecule has 0 radical (unpaired) electrons. The summed E-state index contributed by atoms with van der Waals surface area (Å²) in [5.74, 6) is 0.590. The van der Waals surface area contributed by atoms with Gasteiger partial charge in [0.15, 0.2) is 0 Å². The van der Waals surface area contributed by atoms with E-state index in [-0.39, 0.29) is 6.10 Å². The van der Waals surface area contributed by atoms with Gasteiger partial charge in [0.25, 0.3) is 0 Å². The lowest BCUT2D eigenvalue weighted by Crippen LogP contribution is -2.31. The van der Waals surface area contributed by atoms with Crippen LogP contribution in [-0.4, -0.2) is 11.2 Å². The molecule has 1 N–H and O–H groups in total. The standard InChI is InChI=1S/C10H14OS/c11-10-6-4-8(10)3-5-9-2-1-7-12-9/h1-2,7-8,10-11H,3-6H2. The molecule has 12 heavy (non-hydrogen) atoms. The molecule has 1 aliphatic carbocycles. The normalized spacial score (nSPS) is 28.4. The highest BCUT2D eigenvalue weighted by Gasteiger charge is 2.27. The first-order chi connectivity index (χ1) is 5.86. The third-order valence-corrected chi connectivity index (χ3v) is 3.66. The molecule has 2 rings (SSSR count). The molecule has 0 spiro atoms. The molecule has 2 unspecified atom stereocenters. The lowest BCUT2D eigenvalue weighted by atomic mass is 9.79. The van der Waals surface area contributed by atoms with Crippen molar-refractivity contribution >= 4 is 11.3 Å². The largest absolute Gasteiger partial charge is 0.393 e. The molecule has 0 bridgehead atoms. The fraction of sp³-hybridized carbons (Fsp3) is 0.600. The zero-order chi connectivity index (χ0) is 8.39. The van der Waals surface area contributed by atoms with E-state index in [0.717, 1.165) is 12.8 Å². The van der Waals surface area contributed by atoms with Crippen molar-refractivity contribution in [2.75, 3.05) is 0 Å². The molecule has 1 aromatic rings. The minimum Gasteiger partial charge on any atom is -0.393 e. The second-order valence-electron chi connectivity index (χ2n) is 3.52. The van der Waals surface area contributed by atoms with Crippen LogP contribution >= 0.6 is 11.3 Å². The summed E-state index contributed by atoms with van der Waals surface area (Å²) in [6.07, 6.45) is 4.58. The van der Waals surface area contributed by atoms with Gasteiger partial charge in [-0.25, -0.2) is 0 Å². The van der Waals surface area contributed by atoms with E-state index in [2.05, 4.69) is 17.5 Å². The first-order valence-corrected chi connectivity index (χ1v) is 5.44. The summed E-state index contributed by atoms with van der Waals surface area (Å²) in [6, 6.07) is 4.27. The maximum absolute atomic E-state index is 9.34. The van der Waals surface area contributed by atoms with Crippen molar-refractivity contribution in [2.45, 2.75) is 31.8 Å². The Bertz CT molecular complexity index is 230. The van der Waals surface area contributed by atoms with Crippen LogP contribution < -0.4 is 0 Å². The Labute approximate surface area is 77.0 Å². The molecular weight excluding hydrogens is 168 g/mol. The Morgan fingerprint density at radius 3 is 2.92 bits per heavy atom. The number of rotatable bonds is 3. The summed E-state index contributed by atoms with van der Waals surface area (Å²) in [4.78, 5) is 1.45. The number of hydrogen-bond donors (Lipinski definition) is 1.